The topological polar surface area (TPSA) is 98.5 Å². The van der Waals surface area contributed by atoms with Gasteiger partial charge in [0.15, 0.2) is 0 Å². The molecule has 0 unspecified atom stereocenters. The van der Waals surface area contributed by atoms with Crippen LogP contribution in [0.1, 0.15) is 22.2 Å². The number of sulfonamides is 1. The number of hydrogen-bond donors (Lipinski definition) is 2. The van der Waals surface area contributed by atoms with Gasteiger partial charge < -0.3 is 10.5 Å². The van der Waals surface area contributed by atoms with E-state index in [1.165, 1.54) is 35.6 Å². The molecule has 0 amide bonds. The second kappa shape index (κ2) is 6.37. The van der Waals surface area contributed by atoms with Gasteiger partial charge in [-0.15, -0.1) is 11.3 Å². The molecule has 8 heteroatoms. The fourth-order valence-corrected chi connectivity index (χ4v) is 3.99. The van der Waals surface area contributed by atoms with Gasteiger partial charge in [0.1, 0.15) is 5.00 Å². The predicted molar refractivity (Wildman–Crippen MR) is 86.7 cm³/mol. The third-order valence-electron chi connectivity index (χ3n) is 2.77. The second-order valence-corrected chi connectivity index (χ2v) is 7.43. The van der Waals surface area contributed by atoms with Crippen molar-refractivity contribution in [3.05, 3.63) is 40.8 Å². The van der Waals surface area contributed by atoms with Crippen LogP contribution < -0.4 is 10.5 Å². The van der Waals surface area contributed by atoms with Crippen molar-refractivity contribution in [3.63, 3.8) is 0 Å². The standard InChI is InChI=1S/C14H16N2O4S2/c1-3-20-14(17)12-8-9(2)21-13(12)16-22(18,19)11-6-4-10(15)5-7-11/h4-8,16H,3,15H2,1-2H3. The van der Waals surface area contributed by atoms with Crippen LogP contribution in [-0.2, 0) is 14.8 Å². The lowest BCUT2D eigenvalue weighted by Gasteiger charge is -2.08. The smallest absolute Gasteiger partial charge is 0.341 e. The van der Waals surface area contributed by atoms with Gasteiger partial charge in [-0.3, -0.25) is 4.72 Å². The fourth-order valence-electron chi connectivity index (χ4n) is 1.78. The predicted octanol–water partition coefficient (Wildman–Crippen LogP) is 2.62. The third-order valence-corrected chi connectivity index (χ3v) is 5.23. The van der Waals surface area contributed by atoms with Gasteiger partial charge in [-0.25, -0.2) is 13.2 Å². The summed E-state index contributed by atoms with van der Waals surface area (Å²) >= 11 is 1.18. The van der Waals surface area contributed by atoms with E-state index in [0.29, 0.717) is 5.69 Å². The molecular formula is C14H16N2O4S2. The first-order valence-electron chi connectivity index (χ1n) is 6.49. The van der Waals surface area contributed by atoms with Crippen molar-refractivity contribution in [2.75, 3.05) is 17.1 Å². The SMILES string of the molecule is CCOC(=O)c1cc(C)sc1NS(=O)(=O)c1ccc(N)cc1. The zero-order valence-corrected chi connectivity index (χ0v) is 13.8. The normalized spacial score (nSPS) is 11.2. The Morgan fingerprint density at radius 2 is 1.95 bits per heavy atom. The van der Waals surface area contributed by atoms with Gasteiger partial charge in [-0.1, -0.05) is 0 Å². The highest BCUT2D eigenvalue weighted by molar-refractivity contribution is 7.93. The summed E-state index contributed by atoms with van der Waals surface area (Å²) in [7, 11) is -3.79. The molecule has 6 nitrogen and oxygen atoms in total. The Bertz CT molecular complexity index is 780. The molecule has 2 rings (SSSR count). The van der Waals surface area contributed by atoms with E-state index in [1.807, 2.05) is 0 Å². The lowest BCUT2D eigenvalue weighted by Crippen LogP contribution is -2.15. The van der Waals surface area contributed by atoms with E-state index in [2.05, 4.69) is 4.72 Å². The largest absolute Gasteiger partial charge is 0.462 e. The molecule has 3 N–H and O–H groups in total. The molecule has 0 aliphatic carbocycles. The van der Waals surface area contributed by atoms with Gasteiger partial charge >= 0.3 is 5.97 Å². The highest BCUT2D eigenvalue weighted by Gasteiger charge is 2.21. The van der Waals surface area contributed by atoms with E-state index in [4.69, 9.17) is 10.5 Å². The zero-order chi connectivity index (χ0) is 16.3. The summed E-state index contributed by atoms with van der Waals surface area (Å²) < 4.78 is 32.1. The van der Waals surface area contributed by atoms with Crippen LogP contribution in [0.5, 0.6) is 0 Å². The highest BCUT2D eigenvalue weighted by Crippen LogP contribution is 2.30. The van der Waals surface area contributed by atoms with Gasteiger partial charge in [0.2, 0.25) is 0 Å². The maximum atomic E-state index is 12.4. The van der Waals surface area contributed by atoms with Crippen molar-refractivity contribution in [2.24, 2.45) is 0 Å². The van der Waals surface area contributed by atoms with Gasteiger partial charge in [0.05, 0.1) is 17.1 Å². The summed E-state index contributed by atoms with van der Waals surface area (Å²) in [4.78, 5) is 12.8. The first kappa shape index (κ1) is 16.3. The van der Waals surface area contributed by atoms with Crippen LogP contribution in [-0.4, -0.2) is 21.0 Å². The number of hydrogen-bond acceptors (Lipinski definition) is 6. The van der Waals surface area contributed by atoms with Gasteiger partial charge in [0, 0.05) is 10.6 Å². The van der Waals surface area contributed by atoms with Crippen molar-refractivity contribution in [1.29, 1.82) is 0 Å². The van der Waals surface area contributed by atoms with Crippen molar-refractivity contribution in [3.8, 4) is 0 Å². The van der Waals surface area contributed by atoms with E-state index in [-0.39, 0.29) is 22.1 Å². The van der Waals surface area contributed by atoms with Crippen LogP contribution in [0.3, 0.4) is 0 Å². The number of nitrogen functional groups attached to an aromatic ring is 1. The second-order valence-electron chi connectivity index (χ2n) is 4.49. The number of thiophene rings is 1. The molecule has 0 radical (unpaired) electrons. The van der Waals surface area contributed by atoms with Crippen LogP contribution in [0.2, 0.25) is 0 Å². The number of ether oxygens (including phenoxy) is 1. The average Bonchev–Trinajstić information content (AvgIpc) is 2.79. The van der Waals surface area contributed by atoms with Crippen molar-refractivity contribution < 1.29 is 17.9 Å². The quantitative estimate of drug-likeness (QED) is 0.644. The Balaban J connectivity index is 2.34. The number of aryl methyl sites for hydroxylation is 1. The molecule has 0 saturated heterocycles. The minimum atomic E-state index is -3.79. The molecule has 22 heavy (non-hydrogen) atoms. The molecule has 2 aromatic rings. The zero-order valence-electron chi connectivity index (χ0n) is 12.1. The molecule has 118 valence electrons. The Hall–Kier alpha value is -2.06. The molecule has 1 aromatic heterocycles. The van der Waals surface area contributed by atoms with Crippen molar-refractivity contribution >= 4 is 38.0 Å². The minimum absolute atomic E-state index is 0.0718. The van der Waals surface area contributed by atoms with E-state index >= 15 is 0 Å². The monoisotopic (exact) mass is 340 g/mol. The molecule has 0 aliphatic heterocycles. The maximum Gasteiger partial charge on any atom is 0.341 e. The Kier molecular flexibility index (Phi) is 4.72. The summed E-state index contributed by atoms with van der Waals surface area (Å²) in [6.07, 6.45) is 0. The molecule has 0 aliphatic rings. The summed E-state index contributed by atoms with van der Waals surface area (Å²) in [5.74, 6) is -0.554. The number of carbonyl (C=O) groups excluding carboxylic acids is 1. The summed E-state index contributed by atoms with van der Waals surface area (Å²) in [6, 6.07) is 7.41. The summed E-state index contributed by atoms with van der Waals surface area (Å²) in [5.41, 5.74) is 6.23. The molecule has 1 aromatic carbocycles. The van der Waals surface area contributed by atoms with Crippen molar-refractivity contribution in [2.45, 2.75) is 18.7 Å². The molecule has 0 saturated carbocycles. The van der Waals surface area contributed by atoms with E-state index in [0.717, 1.165) is 4.88 Å². The highest BCUT2D eigenvalue weighted by atomic mass is 32.2. The molecule has 0 spiro atoms. The molecule has 0 bridgehead atoms. The van der Waals surface area contributed by atoms with Crippen LogP contribution in [0.4, 0.5) is 10.7 Å². The number of anilines is 2. The number of rotatable bonds is 5. The first-order chi connectivity index (χ1) is 10.3. The minimum Gasteiger partial charge on any atom is -0.462 e. The van der Waals surface area contributed by atoms with E-state index in [9.17, 15) is 13.2 Å². The third kappa shape index (κ3) is 3.58. The lowest BCUT2D eigenvalue weighted by atomic mass is 10.3. The molecule has 0 atom stereocenters. The summed E-state index contributed by atoms with van der Waals surface area (Å²) in [5, 5.41) is 0.243. The summed E-state index contributed by atoms with van der Waals surface area (Å²) in [6.45, 7) is 3.70. The fraction of sp³-hybridized carbons (Fsp3) is 0.214. The van der Waals surface area contributed by atoms with Crippen LogP contribution in [0.25, 0.3) is 0 Å². The molecule has 0 fully saturated rings. The number of carbonyl (C=O) groups is 1. The first-order valence-corrected chi connectivity index (χ1v) is 8.79. The maximum absolute atomic E-state index is 12.4. The average molecular weight is 340 g/mol. The number of benzene rings is 1. The van der Waals surface area contributed by atoms with Gasteiger partial charge in [-0.05, 0) is 44.2 Å². The van der Waals surface area contributed by atoms with E-state index in [1.54, 1.807) is 19.9 Å². The van der Waals surface area contributed by atoms with Gasteiger partial charge in [0.25, 0.3) is 10.0 Å². The Morgan fingerprint density at radius 1 is 1.32 bits per heavy atom. The molecule has 1 heterocycles. The number of esters is 1. The Morgan fingerprint density at radius 3 is 2.55 bits per heavy atom. The van der Waals surface area contributed by atoms with Crippen LogP contribution in [0, 0.1) is 6.92 Å². The number of nitrogens with one attached hydrogen (secondary N) is 1. The lowest BCUT2D eigenvalue weighted by molar-refractivity contribution is 0.0528. The Labute approximate surface area is 133 Å². The van der Waals surface area contributed by atoms with Gasteiger partial charge in [-0.2, -0.15) is 0 Å². The van der Waals surface area contributed by atoms with Crippen LogP contribution >= 0.6 is 11.3 Å². The van der Waals surface area contributed by atoms with E-state index < -0.39 is 16.0 Å². The number of nitrogens with two attached hydrogens (primary N) is 1. The van der Waals surface area contributed by atoms with Crippen molar-refractivity contribution in [1.82, 2.24) is 0 Å². The van der Waals surface area contributed by atoms with Crippen LogP contribution in [0.15, 0.2) is 35.2 Å². The molecular weight excluding hydrogens is 324 g/mol.